The summed E-state index contributed by atoms with van der Waals surface area (Å²) in [6.07, 6.45) is 4.33. The van der Waals surface area contributed by atoms with Gasteiger partial charge in [0.15, 0.2) is 0 Å². The number of ether oxygens (including phenoxy) is 1. The molecule has 0 radical (unpaired) electrons. The minimum atomic E-state index is -0.869. The van der Waals surface area contributed by atoms with Gasteiger partial charge in [0.25, 0.3) is 5.91 Å². The molecular formula is C33H43N3O4. The normalized spacial score (nSPS) is 12.0. The average molecular weight is 546 g/mol. The average Bonchev–Trinajstić information content (AvgIpc) is 2.90. The molecular weight excluding hydrogens is 502 g/mol. The fourth-order valence-corrected chi connectivity index (χ4v) is 4.67. The van der Waals surface area contributed by atoms with Gasteiger partial charge in [0.2, 0.25) is 5.91 Å². The van der Waals surface area contributed by atoms with Crippen molar-refractivity contribution in [1.29, 1.82) is 0 Å². The van der Waals surface area contributed by atoms with Crippen LogP contribution >= 0.6 is 0 Å². The number of carbonyl (C=O) groups is 3. The molecule has 0 heterocycles. The van der Waals surface area contributed by atoms with Gasteiger partial charge in [-0.25, -0.2) is 4.79 Å². The van der Waals surface area contributed by atoms with Gasteiger partial charge < -0.3 is 20.3 Å². The number of benzene rings is 3. The highest BCUT2D eigenvalue weighted by atomic mass is 16.6. The molecule has 1 atom stereocenters. The van der Waals surface area contributed by atoms with E-state index in [1.807, 2.05) is 73.7 Å². The van der Waals surface area contributed by atoms with Crippen LogP contribution in [0.3, 0.4) is 0 Å². The molecule has 40 heavy (non-hydrogen) atoms. The minimum absolute atomic E-state index is 0.268. The molecule has 0 fully saturated rings. The van der Waals surface area contributed by atoms with E-state index in [0.29, 0.717) is 12.2 Å². The van der Waals surface area contributed by atoms with Crippen molar-refractivity contribution in [2.45, 2.75) is 78.4 Å². The van der Waals surface area contributed by atoms with E-state index in [4.69, 9.17) is 4.74 Å². The van der Waals surface area contributed by atoms with Crippen LogP contribution in [0, 0.1) is 6.92 Å². The fourth-order valence-electron chi connectivity index (χ4n) is 4.67. The molecule has 2 N–H and O–H groups in total. The van der Waals surface area contributed by atoms with E-state index in [1.165, 1.54) is 0 Å². The Morgan fingerprint density at radius 2 is 1.55 bits per heavy atom. The minimum Gasteiger partial charge on any atom is -0.444 e. The van der Waals surface area contributed by atoms with Gasteiger partial charge in [-0.15, -0.1) is 0 Å². The van der Waals surface area contributed by atoms with Crippen molar-refractivity contribution in [2.75, 3.05) is 18.4 Å². The Balaban J connectivity index is 1.90. The van der Waals surface area contributed by atoms with Crippen LogP contribution in [0.2, 0.25) is 0 Å². The summed E-state index contributed by atoms with van der Waals surface area (Å²) >= 11 is 0. The van der Waals surface area contributed by atoms with E-state index in [-0.39, 0.29) is 18.4 Å². The number of nitrogens with zero attached hydrogens (tertiary/aromatic N) is 1. The molecule has 0 aromatic heterocycles. The first kappa shape index (κ1) is 30.7. The van der Waals surface area contributed by atoms with Crippen LogP contribution < -0.4 is 10.6 Å². The Morgan fingerprint density at radius 1 is 0.875 bits per heavy atom. The summed E-state index contributed by atoms with van der Waals surface area (Å²) in [5.41, 5.74) is 1.63. The van der Waals surface area contributed by atoms with Gasteiger partial charge in [-0.2, -0.15) is 0 Å². The third kappa shape index (κ3) is 9.11. The lowest BCUT2D eigenvalue weighted by Crippen LogP contribution is -2.47. The van der Waals surface area contributed by atoms with Crippen LogP contribution in [0.5, 0.6) is 0 Å². The SMILES string of the molecule is CCCCCCCN(C(=O)CNC(=O)OC(C)(C)C)C(C(=O)Nc1ccc2ccccc2c1)c1ccccc1C. The number of hydrogen-bond donors (Lipinski definition) is 2. The number of alkyl carbamates (subject to hydrolysis) is 1. The van der Waals surface area contributed by atoms with Crippen molar-refractivity contribution >= 4 is 34.4 Å². The van der Waals surface area contributed by atoms with Crippen molar-refractivity contribution in [3.05, 3.63) is 77.9 Å². The monoisotopic (exact) mass is 545 g/mol. The quantitative estimate of drug-likeness (QED) is 0.237. The summed E-state index contributed by atoms with van der Waals surface area (Å²) in [6.45, 7) is 9.52. The number of hydrogen-bond acceptors (Lipinski definition) is 4. The summed E-state index contributed by atoms with van der Waals surface area (Å²) in [4.78, 5) is 41.6. The van der Waals surface area contributed by atoms with Crippen molar-refractivity contribution < 1.29 is 19.1 Å². The molecule has 214 valence electrons. The lowest BCUT2D eigenvalue weighted by Gasteiger charge is -2.32. The van der Waals surface area contributed by atoms with Crippen molar-refractivity contribution in [2.24, 2.45) is 0 Å². The van der Waals surface area contributed by atoms with Gasteiger partial charge in [0.05, 0.1) is 0 Å². The molecule has 0 saturated carbocycles. The molecule has 3 rings (SSSR count). The van der Waals surface area contributed by atoms with Gasteiger partial charge in [-0.3, -0.25) is 9.59 Å². The van der Waals surface area contributed by atoms with E-state index < -0.39 is 17.7 Å². The van der Waals surface area contributed by atoms with Crippen molar-refractivity contribution in [1.82, 2.24) is 10.2 Å². The third-order valence-electron chi connectivity index (χ3n) is 6.67. The second-order valence-corrected chi connectivity index (χ2v) is 11.2. The lowest BCUT2D eigenvalue weighted by molar-refractivity contribution is -0.138. The molecule has 0 bridgehead atoms. The first-order valence-corrected chi connectivity index (χ1v) is 14.2. The largest absolute Gasteiger partial charge is 0.444 e. The van der Waals surface area contributed by atoms with E-state index in [2.05, 4.69) is 17.6 Å². The highest BCUT2D eigenvalue weighted by Gasteiger charge is 2.32. The van der Waals surface area contributed by atoms with Gasteiger partial charge in [0, 0.05) is 12.2 Å². The Bertz CT molecular complexity index is 1300. The molecule has 7 nitrogen and oxygen atoms in total. The van der Waals surface area contributed by atoms with E-state index in [0.717, 1.165) is 54.0 Å². The Morgan fingerprint density at radius 3 is 2.25 bits per heavy atom. The predicted octanol–water partition coefficient (Wildman–Crippen LogP) is 7.15. The summed E-state index contributed by atoms with van der Waals surface area (Å²) in [5, 5.41) is 7.72. The maximum Gasteiger partial charge on any atom is 0.408 e. The van der Waals surface area contributed by atoms with E-state index in [9.17, 15) is 14.4 Å². The highest BCUT2D eigenvalue weighted by Crippen LogP contribution is 2.28. The second-order valence-electron chi connectivity index (χ2n) is 11.2. The maximum atomic E-state index is 14.0. The molecule has 3 aromatic carbocycles. The van der Waals surface area contributed by atoms with Crippen LogP contribution in [-0.2, 0) is 14.3 Å². The fraction of sp³-hybridized carbons (Fsp3) is 0.424. The zero-order valence-electron chi connectivity index (χ0n) is 24.5. The summed E-state index contributed by atoms with van der Waals surface area (Å²) in [7, 11) is 0. The Labute approximate surface area is 238 Å². The Hall–Kier alpha value is -3.87. The molecule has 0 spiro atoms. The van der Waals surface area contributed by atoms with Crippen LogP contribution in [0.25, 0.3) is 10.8 Å². The highest BCUT2D eigenvalue weighted by molar-refractivity contribution is 6.00. The van der Waals surface area contributed by atoms with Gasteiger partial charge in [0.1, 0.15) is 18.2 Å². The first-order valence-electron chi connectivity index (χ1n) is 14.2. The van der Waals surface area contributed by atoms with Crippen molar-refractivity contribution in [3.8, 4) is 0 Å². The van der Waals surface area contributed by atoms with E-state index >= 15 is 0 Å². The summed E-state index contributed by atoms with van der Waals surface area (Å²) < 4.78 is 5.32. The number of nitrogens with one attached hydrogen (secondary N) is 2. The van der Waals surface area contributed by atoms with Crippen LogP contribution in [0.1, 0.15) is 77.0 Å². The van der Waals surface area contributed by atoms with Crippen LogP contribution in [0.4, 0.5) is 10.5 Å². The second kappa shape index (κ2) is 14.5. The zero-order valence-corrected chi connectivity index (χ0v) is 24.5. The van der Waals surface area contributed by atoms with Gasteiger partial charge in [-0.1, -0.05) is 87.2 Å². The number of aryl methyl sites for hydroxylation is 1. The van der Waals surface area contributed by atoms with Gasteiger partial charge in [-0.05, 0) is 68.1 Å². The number of anilines is 1. The topological polar surface area (TPSA) is 87.7 Å². The predicted molar refractivity (Wildman–Crippen MR) is 161 cm³/mol. The number of carbonyl (C=O) groups excluding carboxylic acids is 3. The maximum absolute atomic E-state index is 14.0. The van der Waals surface area contributed by atoms with Crippen LogP contribution in [-0.4, -0.2) is 41.5 Å². The standard InChI is InChI=1S/C33H43N3O4/c1-6-7-8-9-14-21-36(29(37)23-34-32(39)40-33(3,4)5)30(28-18-13-10-15-24(28)2)31(38)35-27-20-19-25-16-11-12-17-26(25)22-27/h10-13,15-20,22,30H,6-9,14,21,23H2,1-5H3,(H,34,39)(H,35,38). The molecule has 7 heteroatoms. The Kier molecular flexibility index (Phi) is 11.1. The zero-order chi connectivity index (χ0) is 29.1. The summed E-state index contributed by atoms with van der Waals surface area (Å²) in [5.74, 6) is -0.646. The number of unbranched alkanes of at least 4 members (excludes halogenated alkanes) is 4. The molecule has 1 unspecified atom stereocenters. The lowest BCUT2D eigenvalue weighted by atomic mass is 9.98. The molecule has 0 aliphatic rings. The smallest absolute Gasteiger partial charge is 0.408 e. The molecule has 0 saturated heterocycles. The molecule has 0 aliphatic heterocycles. The van der Waals surface area contributed by atoms with Crippen LogP contribution in [0.15, 0.2) is 66.7 Å². The number of amides is 3. The summed E-state index contributed by atoms with van der Waals surface area (Å²) in [6, 6.07) is 20.5. The molecule has 3 aromatic rings. The van der Waals surface area contributed by atoms with Gasteiger partial charge >= 0.3 is 6.09 Å². The first-order chi connectivity index (χ1) is 19.1. The molecule has 3 amide bonds. The van der Waals surface area contributed by atoms with Crippen molar-refractivity contribution in [3.63, 3.8) is 0 Å². The third-order valence-corrected chi connectivity index (χ3v) is 6.67. The van der Waals surface area contributed by atoms with E-state index in [1.54, 1.807) is 25.7 Å². The number of fused-ring (bicyclic) bond motifs is 1. The molecule has 0 aliphatic carbocycles. The number of rotatable bonds is 12.